The number of nitro benzene ring substituents is 1. The number of rotatable bonds is 5. The summed E-state index contributed by atoms with van der Waals surface area (Å²) in [4.78, 5) is 27.5. The van der Waals surface area contributed by atoms with Crippen molar-refractivity contribution in [1.29, 1.82) is 0 Å². The Balaban J connectivity index is 1.51. The fourth-order valence-corrected chi connectivity index (χ4v) is 3.57. The van der Waals surface area contributed by atoms with Crippen LogP contribution in [0.3, 0.4) is 0 Å². The molecular formula is C20H21N5O4. The molecule has 1 aliphatic heterocycles. The molecule has 0 aliphatic carbocycles. The lowest BCUT2D eigenvalue weighted by Crippen LogP contribution is -2.49. The molecule has 0 radical (unpaired) electrons. The molecule has 0 atom stereocenters. The third kappa shape index (κ3) is 3.58. The second-order valence-electron chi connectivity index (χ2n) is 6.74. The van der Waals surface area contributed by atoms with Gasteiger partial charge in [0.1, 0.15) is 5.75 Å². The van der Waals surface area contributed by atoms with E-state index in [1.54, 1.807) is 11.0 Å². The lowest BCUT2D eigenvalue weighted by Gasteiger charge is -2.36. The number of H-pyrrole nitrogens is 1. The standard InChI is InChI=1S/C20H21N5O4/c1-2-29-18-6-4-3-5-17(18)23-9-11-24(12-10-23)20(26)19-15-13-14(25(27)28)7-8-16(15)21-22-19/h3-8,13H,2,9-12H2,1H3,(H,21,22). The Morgan fingerprint density at radius 2 is 1.97 bits per heavy atom. The summed E-state index contributed by atoms with van der Waals surface area (Å²) in [6.07, 6.45) is 0. The van der Waals surface area contributed by atoms with Gasteiger partial charge in [-0.25, -0.2) is 0 Å². The van der Waals surface area contributed by atoms with Crippen LogP contribution in [-0.4, -0.2) is 58.7 Å². The summed E-state index contributed by atoms with van der Waals surface area (Å²) in [6.45, 7) is 4.93. The molecule has 1 aliphatic rings. The summed E-state index contributed by atoms with van der Waals surface area (Å²) < 4.78 is 5.71. The highest BCUT2D eigenvalue weighted by molar-refractivity contribution is 6.05. The molecule has 1 saturated heterocycles. The summed E-state index contributed by atoms with van der Waals surface area (Å²) >= 11 is 0. The molecule has 0 unspecified atom stereocenters. The molecule has 0 bridgehead atoms. The average molecular weight is 395 g/mol. The van der Waals surface area contributed by atoms with E-state index >= 15 is 0 Å². The van der Waals surface area contributed by atoms with E-state index in [2.05, 4.69) is 15.1 Å². The van der Waals surface area contributed by atoms with Crippen molar-refractivity contribution >= 4 is 28.2 Å². The molecule has 1 N–H and O–H groups in total. The zero-order valence-corrected chi connectivity index (χ0v) is 16.0. The fraction of sp³-hybridized carbons (Fsp3) is 0.300. The van der Waals surface area contributed by atoms with Gasteiger partial charge in [0.15, 0.2) is 5.69 Å². The highest BCUT2D eigenvalue weighted by atomic mass is 16.6. The Morgan fingerprint density at radius 1 is 1.21 bits per heavy atom. The maximum Gasteiger partial charge on any atom is 0.275 e. The van der Waals surface area contributed by atoms with Gasteiger partial charge in [0.25, 0.3) is 11.6 Å². The number of aromatic nitrogens is 2. The number of hydrogen-bond donors (Lipinski definition) is 1. The summed E-state index contributed by atoms with van der Waals surface area (Å²) in [5, 5.41) is 18.4. The smallest absolute Gasteiger partial charge is 0.275 e. The van der Waals surface area contributed by atoms with Crippen molar-refractivity contribution in [3.8, 4) is 5.75 Å². The maximum absolute atomic E-state index is 13.0. The highest BCUT2D eigenvalue weighted by Crippen LogP contribution is 2.29. The number of ether oxygens (including phenoxy) is 1. The number of hydrogen-bond acceptors (Lipinski definition) is 6. The maximum atomic E-state index is 13.0. The second kappa shape index (κ2) is 7.78. The Labute approximate surface area is 167 Å². The number of carbonyl (C=O) groups excluding carboxylic acids is 1. The number of benzene rings is 2. The second-order valence-corrected chi connectivity index (χ2v) is 6.74. The van der Waals surface area contributed by atoms with Gasteiger partial charge in [-0.2, -0.15) is 5.10 Å². The van der Waals surface area contributed by atoms with E-state index in [9.17, 15) is 14.9 Å². The van der Waals surface area contributed by atoms with Crippen LogP contribution in [0.25, 0.3) is 10.9 Å². The molecule has 1 aromatic heterocycles. The van der Waals surface area contributed by atoms with E-state index in [1.165, 1.54) is 12.1 Å². The number of fused-ring (bicyclic) bond motifs is 1. The predicted molar refractivity (Wildman–Crippen MR) is 108 cm³/mol. The number of carbonyl (C=O) groups is 1. The first-order valence-electron chi connectivity index (χ1n) is 9.47. The zero-order valence-electron chi connectivity index (χ0n) is 16.0. The Morgan fingerprint density at radius 3 is 2.69 bits per heavy atom. The fourth-order valence-electron chi connectivity index (χ4n) is 3.57. The van der Waals surface area contributed by atoms with Gasteiger partial charge in [0.2, 0.25) is 0 Å². The number of non-ortho nitro benzene ring substituents is 1. The first-order chi connectivity index (χ1) is 14.1. The van der Waals surface area contributed by atoms with Crippen molar-refractivity contribution in [3.63, 3.8) is 0 Å². The molecule has 0 saturated carbocycles. The monoisotopic (exact) mass is 395 g/mol. The molecule has 1 fully saturated rings. The number of nitrogens with zero attached hydrogens (tertiary/aromatic N) is 4. The predicted octanol–water partition coefficient (Wildman–Crippen LogP) is 2.83. The van der Waals surface area contributed by atoms with Crippen molar-refractivity contribution < 1.29 is 14.5 Å². The number of amides is 1. The third-order valence-corrected chi connectivity index (χ3v) is 5.03. The summed E-state index contributed by atoms with van der Waals surface area (Å²) in [5.74, 6) is 0.606. The molecule has 2 aromatic carbocycles. The van der Waals surface area contributed by atoms with E-state index in [0.29, 0.717) is 43.7 Å². The van der Waals surface area contributed by atoms with Crippen LogP contribution >= 0.6 is 0 Å². The minimum Gasteiger partial charge on any atom is -0.492 e. The lowest BCUT2D eigenvalue weighted by atomic mass is 10.1. The zero-order chi connectivity index (χ0) is 20.4. The van der Waals surface area contributed by atoms with E-state index in [1.807, 2.05) is 31.2 Å². The van der Waals surface area contributed by atoms with Crippen LogP contribution in [0.4, 0.5) is 11.4 Å². The first-order valence-corrected chi connectivity index (χ1v) is 9.47. The van der Waals surface area contributed by atoms with Gasteiger partial charge in [-0.3, -0.25) is 20.0 Å². The largest absolute Gasteiger partial charge is 0.492 e. The van der Waals surface area contributed by atoms with Gasteiger partial charge in [-0.15, -0.1) is 0 Å². The number of nitrogens with one attached hydrogen (secondary N) is 1. The van der Waals surface area contributed by atoms with Crippen LogP contribution in [0.15, 0.2) is 42.5 Å². The van der Waals surface area contributed by atoms with E-state index in [-0.39, 0.29) is 17.3 Å². The number of anilines is 1. The number of para-hydroxylation sites is 2. The molecule has 9 heteroatoms. The third-order valence-electron chi connectivity index (χ3n) is 5.03. The molecule has 4 rings (SSSR count). The van der Waals surface area contributed by atoms with Gasteiger partial charge >= 0.3 is 0 Å². The van der Waals surface area contributed by atoms with Crippen LogP contribution < -0.4 is 9.64 Å². The number of aromatic amines is 1. The Bertz CT molecular complexity index is 1060. The quantitative estimate of drug-likeness (QED) is 0.526. The van der Waals surface area contributed by atoms with E-state index in [4.69, 9.17) is 4.74 Å². The van der Waals surface area contributed by atoms with Crippen LogP contribution in [0.1, 0.15) is 17.4 Å². The minimum atomic E-state index is -0.477. The topological polar surface area (TPSA) is 105 Å². The van der Waals surface area contributed by atoms with Crippen LogP contribution in [-0.2, 0) is 0 Å². The van der Waals surface area contributed by atoms with Crippen molar-refractivity contribution in [3.05, 3.63) is 58.3 Å². The van der Waals surface area contributed by atoms with Gasteiger partial charge in [-0.1, -0.05) is 12.1 Å². The average Bonchev–Trinajstić information content (AvgIpc) is 3.17. The summed E-state index contributed by atoms with van der Waals surface area (Å²) in [6, 6.07) is 12.2. The lowest BCUT2D eigenvalue weighted by molar-refractivity contribution is -0.384. The van der Waals surface area contributed by atoms with Crippen LogP contribution in [0.5, 0.6) is 5.75 Å². The molecule has 9 nitrogen and oxygen atoms in total. The Hall–Kier alpha value is -3.62. The van der Waals surface area contributed by atoms with Crippen molar-refractivity contribution in [1.82, 2.24) is 15.1 Å². The van der Waals surface area contributed by atoms with Gasteiger partial charge in [-0.05, 0) is 25.1 Å². The normalized spacial score (nSPS) is 14.2. The van der Waals surface area contributed by atoms with E-state index in [0.717, 1.165) is 11.4 Å². The van der Waals surface area contributed by atoms with Crippen molar-refractivity contribution in [2.75, 3.05) is 37.7 Å². The molecule has 1 amide bonds. The van der Waals surface area contributed by atoms with Gasteiger partial charge in [0, 0.05) is 43.7 Å². The summed E-state index contributed by atoms with van der Waals surface area (Å²) in [7, 11) is 0. The molecule has 0 spiro atoms. The van der Waals surface area contributed by atoms with Crippen molar-refractivity contribution in [2.24, 2.45) is 0 Å². The highest BCUT2D eigenvalue weighted by Gasteiger charge is 2.27. The minimum absolute atomic E-state index is 0.0645. The van der Waals surface area contributed by atoms with Crippen LogP contribution in [0, 0.1) is 10.1 Å². The van der Waals surface area contributed by atoms with Crippen LogP contribution in [0.2, 0.25) is 0 Å². The van der Waals surface area contributed by atoms with Crippen molar-refractivity contribution in [2.45, 2.75) is 6.92 Å². The number of nitro groups is 1. The molecule has 29 heavy (non-hydrogen) atoms. The number of piperazine rings is 1. The molecule has 2 heterocycles. The SMILES string of the molecule is CCOc1ccccc1N1CCN(C(=O)c2n[nH]c3ccc([N+](=O)[O-])cc23)CC1. The summed E-state index contributed by atoms with van der Waals surface area (Å²) in [5.41, 5.74) is 1.77. The molecular weight excluding hydrogens is 374 g/mol. The molecule has 3 aromatic rings. The van der Waals surface area contributed by atoms with E-state index < -0.39 is 4.92 Å². The molecule has 150 valence electrons. The van der Waals surface area contributed by atoms with Gasteiger partial charge in [0.05, 0.1) is 22.7 Å². The first kappa shape index (κ1) is 18.7. The van der Waals surface area contributed by atoms with Gasteiger partial charge < -0.3 is 14.5 Å². The Kier molecular flexibility index (Phi) is 5.03.